The van der Waals surface area contributed by atoms with Crippen LogP contribution in [0.2, 0.25) is 0 Å². The predicted molar refractivity (Wildman–Crippen MR) is 56.4 cm³/mol. The van der Waals surface area contributed by atoms with Crippen molar-refractivity contribution in [2.45, 2.75) is 32.2 Å². The second-order valence-corrected chi connectivity index (χ2v) is 3.59. The fourth-order valence-corrected chi connectivity index (χ4v) is 1.71. The van der Waals surface area contributed by atoms with Gasteiger partial charge in [0.05, 0.1) is 11.4 Å². The number of nitrogens with two attached hydrogens (primary N) is 1. The Hall–Kier alpha value is -1.22. The van der Waals surface area contributed by atoms with Crippen molar-refractivity contribution in [1.82, 2.24) is 10.2 Å². The van der Waals surface area contributed by atoms with Crippen molar-refractivity contribution >= 4 is 5.57 Å². The molecule has 1 heterocycles. The first-order valence-corrected chi connectivity index (χ1v) is 5.12. The van der Waals surface area contributed by atoms with Crippen LogP contribution in [0.4, 0.5) is 0 Å². The number of hydrogen-bond acceptors (Lipinski definition) is 3. The molecular weight excluding hydrogens is 174 g/mol. The van der Waals surface area contributed by atoms with Crippen LogP contribution in [0, 0.1) is 0 Å². The summed E-state index contributed by atoms with van der Waals surface area (Å²) in [6.07, 6.45) is 7.16. The van der Waals surface area contributed by atoms with Gasteiger partial charge in [-0.25, -0.2) is 0 Å². The van der Waals surface area contributed by atoms with Gasteiger partial charge in [-0.2, -0.15) is 10.2 Å². The minimum atomic E-state index is 0.465. The summed E-state index contributed by atoms with van der Waals surface area (Å²) in [5.74, 6) is 0. The van der Waals surface area contributed by atoms with E-state index < -0.39 is 0 Å². The second kappa shape index (κ2) is 4.33. The summed E-state index contributed by atoms with van der Waals surface area (Å²) >= 11 is 0. The second-order valence-electron chi connectivity index (χ2n) is 3.59. The zero-order valence-electron chi connectivity index (χ0n) is 8.24. The average Bonchev–Trinajstić information content (AvgIpc) is 2.30. The molecule has 74 valence electrons. The number of rotatable bonds is 2. The third-order valence-electron chi connectivity index (χ3n) is 2.55. The predicted octanol–water partition coefficient (Wildman–Crippen LogP) is 1.89. The molecule has 1 aromatic rings. The lowest BCUT2D eigenvalue weighted by atomic mass is 9.97. The molecule has 0 saturated carbocycles. The standard InChI is InChI=1S/C11H15N3/c12-8-10-6-7-11(14-13-10)9-4-2-1-3-5-9/h4,6-7H,1-3,5,8,12H2. The van der Waals surface area contributed by atoms with Crippen LogP contribution in [0.5, 0.6) is 0 Å². The smallest absolute Gasteiger partial charge is 0.0886 e. The van der Waals surface area contributed by atoms with Gasteiger partial charge >= 0.3 is 0 Å². The summed E-state index contributed by atoms with van der Waals surface area (Å²) in [4.78, 5) is 0. The van der Waals surface area contributed by atoms with E-state index in [4.69, 9.17) is 5.73 Å². The lowest BCUT2D eigenvalue weighted by molar-refractivity contribution is 0.736. The summed E-state index contributed by atoms with van der Waals surface area (Å²) in [7, 11) is 0. The van der Waals surface area contributed by atoms with E-state index in [1.807, 2.05) is 12.1 Å². The minimum absolute atomic E-state index is 0.465. The Kier molecular flexibility index (Phi) is 2.89. The van der Waals surface area contributed by atoms with Gasteiger partial charge in [-0.05, 0) is 43.4 Å². The Morgan fingerprint density at radius 1 is 1.21 bits per heavy atom. The highest BCUT2D eigenvalue weighted by atomic mass is 15.1. The molecule has 0 aliphatic heterocycles. The largest absolute Gasteiger partial charge is 0.325 e. The van der Waals surface area contributed by atoms with Crippen molar-refractivity contribution in [1.29, 1.82) is 0 Å². The maximum Gasteiger partial charge on any atom is 0.0886 e. The summed E-state index contributed by atoms with van der Waals surface area (Å²) in [5.41, 5.74) is 8.67. The summed E-state index contributed by atoms with van der Waals surface area (Å²) in [6.45, 7) is 0.465. The normalized spacial score (nSPS) is 16.5. The van der Waals surface area contributed by atoms with Gasteiger partial charge in [0.25, 0.3) is 0 Å². The highest BCUT2D eigenvalue weighted by molar-refractivity contribution is 5.62. The molecule has 3 nitrogen and oxygen atoms in total. The van der Waals surface area contributed by atoms with Crippen LogP contribution in [-0.2, 0) is 6.54 Å². The molecule has 3 heteroatoms. The number of nitrogens with zero attached hydrogens (tertiary/aromatic N) is 2. The van der Waals surface area contributed by atoms with Gasteiger partial charge in [-0.1, -0.05) is 6.08 Å². The van der Waals surface area contributed by atoms with E-state index in [0.29, 0.717) is 6.54 Å². The van der Waals surface area contributed by atoms with Crippen LogP contribution < -0.4 is 5.73 Å². The number of allylic oxidation sites excluding steroid dienone is 2. The molecule has 1 aliphatic rings. The highest BCUT2D eigenvalue weighted by Crippen LogP contribution is 2.24. The SMILES string of the molecule is NCc1ccc(C2=CCCCC2)nn1. The first-order valence-electron chi connectivity index (χ1n) is 5.12. The molecule has 1 aliphatic carbocycles. The van der Waals surface area contributed by atoms with Crippen LogP contribution in [-0.4, -0.2) is 10.2 Å². The summed E-state index contributed by atoms with van der Waals surface area (Å²) in [5, 5.41) is 8.23. The van der Waals surface area contributed by atoms with Gasteiger partial charge in [0.1, 0.15) is 0 Å². The van der Waals surface area contributed by atoms with Crippen molar-refractivity contribution < 1.29 is 0 Å². The molecule has 0 radical (unpaired) electrons. The van der Waals surface area contributed by atoms with Gasteiger partial charge in [0.2, 0.25) is 0 Å². The lowest BCUT2D eigenvalue weighted by Crippen LogP contribution is -2.03. The van der Waals surface area contributed by atoms with Crippen molar-refractivity contribution in [2.24, 2.45) is 5.73 Å². The third kappa shape index (κ3) is 1.99. The van der Waals surface area contributed by atoms with E-state index in [9.17, 15) is 0 Å². The van der Waals surface area contributed by atoms with Gasteiger partial charge in [0.15, 0.2) is 0 Å². The quantitative estimate of drug-likeness (QED) is 0.773. The van der Waals surface area contributed by atoms with Crippen LogP contribution >= 0.6 is 0 Å². The number of aromatic nitrogens is 2. The molecule has 2 N–H and O–H groups in total. The minimum Gasteiger partial charge on any atom is -0.325 e. The monoisotopic (exact) mass is 189 g/mol. The summed E-state index contributed by atoms with van der Waals surface area (Å²) < 4.78 is 0. The molecular formula is C11H15N3. The molecule has 0 fully saturated rings. The topological polar surface area (TPSA) is 51.8 Å². The molecule has 1 aromatic heterocycles. The summed E-state index contributed by atoms with van der Waals surface area (Å²) in [6, 6.07) is 3.98. The van der Waals surface area contributed by atoms with E-state index >= 15 is 0 Å². The van der Waals surface area contributed by atoms with Gasteiger partial charge in [0, 0.05) is 6.54 Å². The Morgan fingerprint density at radius 2 is 2.14 bits per heavy atom. The van der Waals surface area contributed by atoms with E-state index in [1.54, 1.807) is 0 Å². The van der Waals surface area contributed by atoms with E-state index in [1.165, 1.54) is 24.8 Å². The van der Waals surface area contributed by atoms with Crippen LogP contribution in [0.25, 0.3) is 5.57 Å². The fourth-order valence-electron chi connectivity index (χ4n) is 1.71. The van der Waals surface area contributed by atoms with Crippen LogP contribution in [0.15, 0.2) is 18.2 Å². The molecule has 0 unspecified atom stereocenters. The Balaban J connectivity index is 2.19. The van der Waals surface area contributed by atoms with Crippen molar-refractivity contribution in [3.05, 3.63) is 29.6 Å². The van der Waals surface area contributed by atoms with E-state index in [0.717, 1.165) is 17.8 Å². The van der Waals surface area contributed by atoms with Crippen LogP contribution in [0.3, 0.4) is 0 Å². The first-order chi connectivity index (χ1) is 6.90. The van der Waals surface area contributed by atoms with Crippen molar-refractivity contribution in [2.75, 3.05) is 0 Å². The van der Waals surface area contributed by atoms with Crippen molar-refractivity contribution in [3.63, 3.8) is 0 Å². The fraction of sp³-hybridized carbons (Fsp3) is 0.455. The number of hydrogen-bond donors (Lipinski definition) is 1. The maximum atomic E-state index is 5.46. The molecule has 0 amide bonds. The zero-order chi connectivity index (χ0) is 9.80. The van der Waals surface area contributed by atoms with E-state index in [2.05, 4.69) is 16.3 Å². The molecule has 14 heavy (non-hydrogen) atoms. The molecule has 2 rings (SSSR count). The lowest BCUT2D eigenvalue weighted by Gasteiger charge is -2.11. The van der Waals surface area contributed by atoms with Gasteiger partial charge in [-0.3, -0.25) is 0 Å². The van der Waals surface area contributed by atoms with Crippen LogP contribution in [0.1, 0.15) is 37.1 Å². The Labute approximate surface area is 84.0 Å². The van der Waals surface area contributed by atoms with Gasteiger partial charge in [-0.15, -0.1) is 0 Å². The molecule has 0 bridgehead atoms. The third-order valence-corrected chi connectivity index (χ3v) is 2.55. The van der Waals surface area contributed by atoms with E-state index in [-0.39, 0.29) is 0 Å². The van der Waals surface area contributed by atoms with Crippen molar-refractivity contribution in [3.8, 4) is 0 Å². The van der Waals surface area contributed by atoms with Gasteiger partial charge < -0.3 is 5.73 Å². The Morgan fingerprint density at radius 3 is 2.71 bits per heavy atom. The first kappa shape index (κ1) is 9.34. The molecule has 0 aromatic carbocycles. The molecule has 0 atom stereocenters. The maximum absolute atomic E-state index is 5.46. The zero-order valence-corrected chi connectivity index (χ0v) is 8.24. The highest BCUT2D eigenvalue weighted by Gasteiger charge is 2.07. The average molecular weight is 189 g/mol. The molecule has 0 saturated heterocycles. The Bertz CT molecular complexity index is 327. The molecule has 0 spiro atoms.